The van der Waals surface area contributed by atoms with E-state index in [1.807, 2.05) is 20.0 Å². The molecular weight excluding hydrogens is 285 g/mol. The molecule has 0 spiro atoms. The Morgan fingerprint density at radius 1 is 1.32 bits per heavy atom. The maximum atomic E-state index is 12.9. The topological polar surface area (TPSA) is 67.2 Å². The van der Waals surface area contributed by atoms with Gasteiger partial charge in [-0.1, -0.05) is 26.0 Å². The Hall–Kier alpha value is -2.21. The number of benzene rings is 1. The standard InChI is InChI=1S/C16H20FN3O2/c1-11(2)15(16(21)22)18-7-13-8-19-20(10-13)9-12-3-5-14(17)6-4-12/h3-6,8,10-11,15,18H,7,9H2,1-2H3,(H,21,22)/t15-/m0/s1. The molecule has 1 atom stereocenters. The quantitative estimate of drug-likeness (QED) is 0.823. The second kappa shape index (κ2) is 7.17. The van der Waals surface area contributed by atoms with E-state index < -0.39 is 12.0 Å². The summed E-state index contributed by atoms with van der Waals surface area (Å²) in [6, 6.07) is 5.69. The summed E-state index contributed by atoms with van der Waals surface area (Å²) in [6.45, 7) is 4.72. The van der Waals surface area contributed by atoms with Crippen molar-refractivity contribution in [3.8, 4) is 0 Å². The Kier molecular flexibility index (Phi) is 5.27. The molecule has 2 rings (SSSR count). The van der Waals surface area contributed by atoms with Crippen molar-refractivity contribution in [2.75, 3.05) is 0 Å². The van der Waals surface area contributed by atoms with E-state index >= 15 is 0 Å². The van der Waals surface area contributed by atoms with Crippen LogP contribution in [0.5, 0.6) is 0 Å². The van der Waals surface area contributed by atoms with Crippen LogP contribution in [0, 0.1) is 11.7 Å². The Labute approximate surface area is 128 Å². The summed E-state index contributed by atoms with van der Waals surface area (Å²) in [5.74, 6) is -1.11. The third kappa shape index (κ3) is 4.39. The molecule has 2 N–H and O–H groups in total. The normalized spacial score (nSPS) is 12.5. The van der Waals surface area contributed by atoms with E-state index in [1.54, 1.807) is 23.0 Å². The lowest BCUT2D eigenvalue weighted by Crippen LogP contribution is -2.40. The van der Waals surface area contributed by atoms with Crippen molar-refractivity contribution in [3.05, 3.63) is 53.6 Å². The predicted octanol–water partition coefficient (Wildman–Crippen LogP) is 2.27. The highest BCUT2D eigenvalue weighted by Crippen LogP contribution is 2.07. The fourth-order valence-electron chi connectivity index (χ4n) is 2.20. The van der Waals surface area contributed by atoms with Crippen LogP contribution in [0.1, 0.15) is 25.0 Å². The smallest absolute Gasteiger partial charge is 0.320 e. The number of hydrogen-bond acceptors (Lipinski definition) is 3. The zero-order chi connectivity index (χ0) is 16.1. The van der Waals surface area contributed by atoms with Gasteiger partial charge in [-0.25, -0.2) is 4.39 Å². The highest BCUT2D eigenvalue weighted by atomic mass is 19.1. The second-order valence-electron chi connectivity index (χ2n) is 5.61. The van der Waals surface area contributed by atoms with Crippen LogP contribution in [0.15, 0.2) is 36.7 Å². The van der Waals surface area contributed by atoms with Gasteiger partial charge >= 0.3 is 5.97 Å². The van der Waals surface area contributed by atoms with E-state index in [4.69, 9.17) is 5.11 Å². The summed E-state index contributed by atoms with van der Waals surface area (Å²) in [5, 5.41) is 16.4. The highest BCUT2D eigenvalue weighted by Gasteiger charge is 2.20. The van der Waals surface area contributed by atoms with Gasteiger partial charge in [0.25, 0.3) is 0 Å². The molecule has 2 aromatic rings. The van der Waals surface area contributed by atoms with Gasteiger partial charge in [0, 0.05) is 18.3 Å². The summed E-state index contributed by atoms with van der Waals surface area (Å²) in [4.78, 5) is 11.1. The van der Waals surface area contributed by atoms with Gasteiger partial charge in [0.05, 0.1) is 12.7 Å². The van der Waals surface area contributed by atoms with E-state index in [0.29, 0.717) is 13.1 Å². The molecule has 0 aliphatic heterocycles. The average Bonchev–Trinajstić information content (AvgIpc) is 2.88. The molecule has 0 fully saturated rings. The van der Waals surface area contributed by atoms with Crippen molar-refractivity contribution in [2.45, 2.75) is 33.0 Å². The molecule has 5 nitrogen and oxygen atoms in total. The van der Waals surface area contributed by atoms with Gasteiger partial charge in [0.1, 0.15) is 11.9 Å². The third-order valence-electron chi connectivity index (χ3n) is 3.40. The molecule has 0 bridgehead atoms. The molecular formula is C16H20FN3O2. The van der Waals surface area contributed by atoms with Crippen molar-refractivity contribution in [2.24, 2.45) is 5.92 Å². The van der Waals surface area contributed by atoms with Crippen LogP contribution in [0.3, 0.4) is 0 Å². The molecule has 1 heterocycles. The van der Waals surface area contributed by atoms with Crippen LogP contribution in [0.25, 0.3) is 0 Å². The summed E-state index contributed by atoms with van der Waals surface area (Å²) in [7, 11) is 0. The zero-order valence-corrected chi connectivity index (χ0v) is 12.7. The van der Waals surface area contributed by atoms with Gasteiger partial charge in [0.15, 0.2) is 0 Å². The van der Waals surface area contributed by atoms with Crippen LogP contribution in [-0.4, -0.2) is 26.9 Å². The monoisotopic (exact) mass is 305 g/mol. The molecule has 0 radical (unpaired) electrons. The number of nitrogens with one attached hydrogen (secondary N) is 1. The number of halogens is 1. The fourth-order valence-corrected chi connectivity index (χ4v) is 2.20. The molecule has 0 unspecified atom stereocenters. The van der Waals surface area contributed by atoms with Crippen molar-refractivity contribution in [1.82, 2.24) is 15.1 Å². The van der Waals surface area contributed by atoms with E-state index in [2.05, 4.69) is 10.4 Å². The van der Waals surface area contributed by atoms with Gasteiger partial charge < -0.3 is 5.11 Å². The maximum absolute atomic E-state index is 12.9. The van der Waals surface area contributed by atoms with Crippen molar-refractivity contribution < 1.29 is 14.3 Å². The summed E-state index contributed by atoms with van der Waals surface area (Å²) in [6.07, 6.45) is 3.56. The number of carbonyl (C=O) groups is 1. The van der Waals surface area contributed by atoms with Gasteiger partial charge in [-0.3, -0.25) is 14.8 Å². The Morgan fingerprint density at radius 3 is 2.59 bits per heavy atom. The molecule has 0 aliphatic rings. The Bertz CT molecular complexity index is 623. The van der Waals surface area contributed by atoms with E-state index in [9.17, 15) is 9.18 Å². The van der Waals surface area contributed by atoms with Gasteiger partial charge in [-0.2, -0.15) is 5.10 Å². The van der Waals surface area contributed by atoms with Gasteiger partial charge in [-0.15, -0.1) is 0 Å². The minimum Gasteiger partial charge on any atom is -0.480 e. The minimum absolute atomic E-state index is 0.00626. The second-order valence-corrected chi connectivity index (χ2v) is 5.61. The van der Waals surface area contributed by atoms with Crippen molar-refractivity contribution >= 4 is 5.97 Å². The summed E-state index contributed by atoms with van der Waals surface area (Å²) < 4.78 is 14.6. The Balaban J connectivity index is 1.93. The molecule has 0 saturated heterocycles. The molecule has 0 aliphatic carbocycles. The lowest BCUT2D eigenvalue weighted by molar-refractivity contribution is -0.140. The van der Waals surface area contributed by atoms with Crippen LogP contribution < -0.4 is 5.32 Å². The number of aromatic nitrogens is 2. The number of carboxylic acids is 1. The summed E-state index contributed by atoms with van der Waals surface area (Å²) in [5.41, 5.74) is 1.86. The molecule has 118 valence electrons. The third-order valence-corrected chi connectivity index (χ3v) is 3.40. The molecule has 0 saturated carbocycles. The number of carboxylic acid groups (broad SMARTS) is 1. The summed E-state index contributed by atoms with van der Waals surface area (Å²) >= 11 is 0. The molecule has 22 heavy (non-hydrogen) atoms. The fraction of sp³-hybridized carbons (Fsp3) is 0.375. The van der Waals surface area contributed by atoms with Gasteiger partial charge in [-0.05, 0) is 23.6 Å². The van der Waals surface area contributed by atoms with Crippen LogP contribution in [-0.2, 0) is 17.9 Å². The first-order valence-corrected chi connectivity index (χ1v) is 7.17. The molecule has 0 amide bonds. The first-order valence-electron chi connectivity index (χ1n) is 7.17. The van der Waals surface area contributed by atoms with Crippen LogP contribution in [0.4, 0.5) is 4.39 Å². The lowest BCUT2D eigenvalue weighted by Gasteiger charge is -2.17. The first-order chi connectivity index (χ1) is 10.5. The Morgan fingerprint density at radius 2 is 2.00 bits per heavy atom. The molecule has 1 aromatic carbocycles. The highest BCUT2D eigenvalue weighted by molar-refractivity contribution is 5.73. The number of rotatable bonds is 7. The van der Waals surface area contributed by atoms with Crippen LogP contribution in [0.2, 0.25) is 0 Å². The lowest BCUT2D eigenvalue weighted by atomic mass is 10.0. The number of hydrogen-bond donors (Lipinski definition) is 2. The minimum atomic E-state index is -0.853. The van der Waals surface area contributed by atoms with E-state index in [0.717, 1.165) is 11.1 Å². The van der Waals surface area contributed by atoms with Crippen LogP contribution >= 0.6 is 0 Å². The SMILES string of the molecule is CC(C)[C@H](NCc1cnn(Cc2ccc(F)cc2)c1)C(=O)O. The molecule has 1 aromatic heterocycles. The predicted molar refractivity (Wildman–Crippen MR) is 80.8 cm³/mol. The van der Waals surface area contributed by atoms with Crippen molar-refractivity contribution in [3.63, 3.8) is 0 Å². The zero-order valence-electron chi connectivity index (χ0n) is 12.7. The maximum Gasteiger partial charge on any atom is 0.320 e. The van der Waals surface area contributed by atoms with E-state index in [-0.39, 0.29) is 11.7 Å². The van der Waals surface area contributed by atoms with E-state index in [1.165, 1.54) is 12.1 Å². The largest absolute Gasteiger partial charge is 0.480 e. The average molecular weight is 305 g/mol. The number of aliphatic carboxylic acids is 1. The van der Waals surface area contributed by atoms with Gasteiger partial charge in [0.2, 0.25) is 0 Å². The molecule has 6 heteroatoms. The first kappa shape index (κ1) is 16.2. The number of nitrogens with zero attached hydrogens (tertiary/aromatic N) is 2. The van der Waals surface area contributed by atoms with Crippen molar-refractivity contribution in [1.29, 1.82) is 0 Å².